The van der Waals surface area contributed by atoms with E-state index in [1.165, 1.54) is 0 Å². The van der Waals surface area contributed by atoms with Gasteiger partial charge >= 0.3 is 0 Å². The second-order valence-corrected chi connectivity index (χ2v) is 6.67. The van der Waals surface area contributed by atoms with Crippen LogP contribution in [0, 0.1) is 11.8 Å². The lowest BCUT2D eigenvalue weighted by Gasteiger charge is -2.26. The molecule has 1 aliphatic carbocycles. The Labute approximate surface area is 86.4 Å². The van der Waals surface area contributed by atoms with Crippen molar-refractivity contribution >= 4 is 9.84 Å². The van der Waals surface area contributed by atoms with Gasteiger partial charge in [0.2, 0.25) is 0 Å². The SMILES string of the molecule is CCS(=O)(=O)CC1CCC(CO)CC1. The van der Waals surface area contributed by atoms with Crippen LogP contribution in [-0.4, -0.2) is 31.6 Å². The lowest BCUT2D eigenvalue weighted by molar-refractivity contribution is 0.172. The summed E-state index contributed by atoms with van der Waals surface area (Å²) in [6.45, 7) is 1.96. The minimum absolute atomic E-state index is 0.257. The van der Waals surface area contributed by atoms with Crippen LogP contribution in [0.1, 0.15) is 32.6 Å². The Balaban J connectivity index is 2.36. The second-order valence-electron chi connectivity index (χ2n) is 4.27. The topological polar surface area (TPSA) is 54.4 Å². The highest BCUT2D eigenvalue weighted by molar-refractivity contribution is 7.91. The standard InChI is InChI=1S/C10H20O3S/c1-2-14(12,13)8-10-5-3-9(7-11)4-6-10/h9-11H,2-8H2,1H3. The summed E-state index contributed by atoms with van der Waals surface area (Å²) in [4.78, 5) is 0. The number of rotatable bonds is 4. The third-order valence-corrected chi connectivity index (χ3v) is 5.01. The maximum atomic E-state index is 11.4. The molecular formula is C10H20O3S. The smallest absolute Gasteiger partial charge is 0.150 e. The van der Waals surface area contributed by atoms with E-state index in [1.54, 1.807) is 6.92 Å². The molecule has 0 aliphatic heterocycles. The van der Waals surface area contributed by atoms with Gasteiger partial charge in [0.25, 0.3) is 0 Å². The van der Waals surface area contributed by atoms with Gasteiger partial charge in [0.15, 0.2) is 0 Å². The van der Waals surface area contributed by atoms with Gasteiger partial charge in [0.1, 0.15) is 9.84 Å². The summed E-state index contributed by atoms with van der Waals surface area (Å²) in [5, 5.41) is 8.94. The van der Waals surface area contributed by atoms with Gasteiger partial charge in [-0.15, -0.1) is 0 Å². The molecule has 3 nitrogen and oxygen atoms in total. The monoisotopic (exact) mass is 220 g/mol. The fraction of sp³-hybridized carbons (Fsp3) is 1.00. The van der Waals surface area contributed by atoms with Crippen LogP contribution in [0.4, 0.5) is 0 Å². The molecule has 1 N–H and O–H groups in total. The van der Waals surface area contributed by atoms with Crippen LogP contribution in [0.25, 0.3) is 0 Å². The van der Waals surface area contributed by atoms with Gasteiger partial charge in [-0.05, 0) is 37.5 Å². The van der Waals surface area contributed by atoms with E-state index >= 15 is 0 Å². The fourth-order valence-electron chi connectivity index (χ4n) is 2.06. The summed E-state index contributed by atoms with van der Waals surface area (Å²) in [6, 6.07) is 0. The number of aliphatic hydroxyl groups is 1. The zero-order valence-corrected chi connectivity index (χ0v) is 9.59. The van der Waals surface area contributed by atoms with Crippen molar-refractivity contribution in [2.24, 2.45) is 11.8 Å². The van der Waals surface area contributed by atoms with E-state index in [1.807, 2.05) is 0 Å². The summed E-state index contributed by atoms with van der Waals surface area (Å²) < 4.78 is 22.7. The average Bonchev–Trinajstić information content (AvgIpc) is 2.19. The molecule has 0 bridgehead atoms. The van der Waals surface area contributed by atoms with Crippen LogP contribution < -0.4 is 0 Å². The molecule has 0 saturated heterocycles. The molecule has 0 aromatic heterocycles. The van der Waals surface area contributed by atoms with Crippen LogP contribution in [0.3, 0.4) is 0 Å². The van der Waals surface area contributed by atoms with Gasteiger partial charge in [0, 0.05) is 12.4 Å². The first-order chi connectivity index (χ1) is 6.57. The summed E-state index contributed by atoms with van der Waals surface area (Å²) in [6.07, 6.45) is 3.90. The van der Waals surface area contributed by atoms with E-state index in [4.69, 9.17) is 5.11 Å². The molecule has 1 saturated carbocycles. The minimum Gasteiger partial charge on any atom is -0.396 e. The fourth-order valence-corrected chi connectivity index (χ4v) is 3.34. The average molecular weight is 220 g/mol. The van der Waals surface area contributed by atoms with E-state index < -0.39 is 9.84 Å². The van der Waals surface area contributed by atoms with E-state index in [9.17, 15) is 8.42 Å². The molecule has 1 fully saturated rings. The third-order valence-electron chi connectivity index (χ3n) is 3.15. The Kier molecular flexibility index (Phi) is 4.38. The molecule has 14 heavy (non-hydrogen) atoms. The molecule has 0 aromatic carbocycles. The lowest BCUT2D eigenvalue weighted by Crippen LogP contribution is -2.24. The Hall–Kier alpha value is -0.0900. The van der Waals surface area contributed by atoms with Crippen LogP contribution in [0.2, 0.25) is 0 Å². The Morgan fingerprint density at radius 3 is 2.07 bits per heavy atom. The van der Waals surface area contributed by atoms with Crippen molar-refractivity contribution in [3.8, 4) is 0 Å². The van der Waals surface area contributed by atoms with Crippen molar-refractivity contribution < 1.29 is 13.5 Å². The van der Waals surface area contributed by atoms with Gasteiger partial charge in [0.05, 0.1) is 5.75 Å². The molecule has 0 aromatic rings. The number of aliphatic hydroxyl groups excluding tert-OH is 1. The molecule has 0 heterocycles. The first-order valence-corrected chi connectivity index (χ1v) is 7.20. The van der Waals surface area contributed by atoms with Crippen molar-refractivity contribution in [1.82, 2.24) is 0 Å². The molecule has 1 aliphatic rings. The summed E-state index contributed by atoms with van der Waals surface area (Å²) in [5.41, 5.74) is 0. The predicted molar refractivity (Wildman–Crippen MR) is 56.9 cm³/mol. The zero-order chi connectivity index (χ0) is 10.6. The van der Waals surface area contributed by atoms with E-state index in [0.29, 0.717) is 17.6 Å². The largest absolute Gasteiger partial charge is 0.396 e. The summed E-state index contributed by atoms with van der Waals surface area (Å²) in [5.74, 6) is 1.35. The Morgan fingerprint density at radius 1 is 1.14 bits per heavy atom. The normalized spacial score (nSPS) is 29.0. The van der Waals surface area contributed by atoms with Gasteiger partial charge < -0.3 is 5.11 Å². The van der Waals surface area contributed by atoms with Crippen LogP contribution in [0.15, 0.2) is 0 Å². The van der Waals surface area contributed by atoms with E-state index in [0.717, 1.165) is 25.7 Å². The maximum absolute atomic E-state index is 11.4. The second kappa shape index (κ2) is 5.12. The van der Waals surface area contributed by atoms with Crippen LogP contribution >= 0.6 is 0 Å². The van der Waals surface area contributed by atoms with Crippen molar-refractivity contribution in [3.63, 3.8) is 0 Å². The molecule has 0 spiro atoms. The van der Waals surface area contributed by atoms with Crippen LogP contribution in [0.5, 0.6) is 0 Å². The van der Waals surface area contributed by atoms with Crippen molar-refractivity contribution in [2.75, 3.05) is 18.1 Å². The van der Waals surface area contributed by atoms with E-state index in [2.05, 4.69) is 0 Å². The predicted octanol–water partition coefficient (Wildman–Crippen LogP) is 1.22. The molecule has 0 unspecified atom stereocenters. The summed E-state index contributed by atoms with van der Waals surface area (Å²) >= 11 is 0. The summed E-state index contributed by atoms with van der Waals surface area (Å²) in [7, 11) is -2.81. The van der Waals surface area contributed by atoms with E-state index in [-0.39, 0.29) is 12.4 Å². The third kappa shape index (κ3) is 3.58. The Morgan fingerprint density at radius 2 is 1.64 bits per heavy atom. The number of hydrogen-bond donors (Lipinski definition) is 1. The van der Waals surface area contributed by atoms with Crippen molar-refractivity contribution in [3.05, 3.63) is 0 Å². The van der Waals surface area contributed by atoms with Gasteiger partial charge in [-0.2, -0.15) is 0 Å². The molecule has 4 heteroatoms. The molecule has 1 rings (SSSR count). The van der Waals surface area contributed by atoms with Crippen LogP contribution in [-0.2, 0) is 9.84 Å². The maximum Gasteiger partial charge on any atom is 0.150 e. The zero-order valence-electron chi connectivity index (χ0n) is 8.78. The highest BCUT2D eigenvalue weighted by Crippen LogP contribution is 2.29. The van der Waals surface area contributed by atoms with Gasteiger partial charge in [-0.1, -0.05) is 6.92 Å². The molecule has 0 radical (unpaired) electrons. The quantitative estimate of drug-likeness (QED) is 0.775. The van der Waals surface area contributed by atoms with Gasteiger partial charge in [-0.25, -0.2) is 8.42 Å². The molecule has 84 valence electrons. The number of sulfone groups is 1. The minimum atomic E-state index is -2.81. The first-order valence-electron chi connectivity index (χ1n) is 5.38. The molecular weight excluding hydrogens is 200 g/mol. The first kappa shape index (κ1) is 12.0. The number of hydrogen-bond acceptors (Lipinski definition) is 3. The van der Waals surface area contributed by atoms with Crippen molar-refractivity contribution in [2.45, 2.75) is 32.6 Å². The highest BCUT2D eigenvalue weighted by Gasteiger charge is 2.24. The molecule has 0 amide bonds. The molecule has 0 atom stereocenters. The van der Waals surface area contributed by atoms with Crippen molar-refractivity contribution in [1.29, 1.82) is 0 Å². The Bertz CT molecular complexity index is 251. The highest BCUT2D eigenvalue weighted by atomic mass is 32.2. The lowest BCUT2D eigenvalue weighted by atomic mass is 9.83. The van der Waals surface area contributed by atoms with Gasteiger partial charge in [-0.3, -0.25) is 0 Å².